The molecule has 84 valence electrons. The molecule has 0 aliphatic carbocycles. The number of rotatable bonds is 5. The van der Waals surface area contributed by atoms with Crippen LogP contribution in [0.3, 0.4) is 0 Å². The molecular formula is C13H16N2O. The van der Waals surface area contributed by atoms with Gasteiger partial charge in [0.25, 0.3) is 0 Å². The maximum absolute atomic E-state index is 5.17. The van der Waals surface area contributed by atoms with Crippen LogP contribution in [0.5, 0.6) is 0 Å². The summed E-state index contributed by atoms with van der Waals surface area (Å²) in [5.74, 6) is 0. The monoisotopic (exact) mass is 216 g/mol. The molecule has 3 nitrogen and oxygen atoms in total. The predicted molar refractivity (Wildman–Crippen MR) is 64.7 cm³/mol. The Morgan fingerprint density at radius 1 is 1.06 bits per heavy atom. The van der Waals surface area contributed by atoms with Gasteiger partial charge in [0, 0.05) is 19.5 Å². The second-order valence-corrected chi connectivity index (χ2v) is 3.63. The van der Waals surface area contributed by atoms with Crippen LogP contribution < -0.4 is 5.43 Å². The quantitative estimate of drug-likeness (QED) is 0.830. The molecular weight excluding hydrogens is 200 g/mol. The number of nitrogens with zero attached hydrogens (tertiary/aromatic N) is 1. The zero-order valence-corrected chi connectivity index (χ0v) is 9.39. The molecule has 1 N–H and O–H groups in total. The highest BCUT2D eigenvalue weighted by molar-refractivity contribution is 5.27. The smallest absolute Gasteiger partial charge is 0.0716 e. The lowest BCUT2D eigenvalue weighted by Crippen LogP contribution is -2.13. The lowest BCUT2D eigenvalue weighted by atomic mass is 10.1. The van der Waals surface area contributed by atoms with Crippen LogP contribution >= 0.6 is 0 Å². The molecule has 0 bridgehead atoms. The minimum absolute atomic E-state index is 0.656. The van der Waals surface area contributed by atoms with Crippen LogP contribution in [-0.2, 0) is 17.9 Å². The van der Waals surface area contributed by atoms with Crippen molar-refractivity contribution in [1.29, 1.82) is 0 Å². The SMILES string of the molecule is COCc1ccccc1CNn1cccc1. The van der Waals surface area contributed by atoms with Crippen molar-refractivity contribution in [3.05, 3.63) is 59.9 Å². The summed E-state index contributed by atoms with van der Waals surface area (Å²) in [5.41, 5.74) is 5.79. The number of hydrogen-bond acceptors (Lipinski definition) is 2. The van der Waals surface area contributed by atoms with Crippen LogP contribution in [-0.4, -0.2) is 11.8 Å². The first kappa shape index (κ1) is 10.8. The van der Waals surface area contributed by atoms with Gasteiger partial charge in [0.2, 0.25) is 0 Å². The highest BCUT2D eigenvalue weighted by Gasteiger charge is 2.00. The minimum atomic E-state index is 0.656. The molecule has 16 heavy (non-hydrogen) atoms. The molecule has 0 aliphatic rings. The fourth-order valence-corrected chi connectivity index (χ4v) is 1.64. The Labute approximate surface area is 95.6 Å². The Morgan fingerprint density at radius 3 is 2.44 bits per heavy atom. The van der Waals surface area contributed by atoms with Crippen molar-refractivity contribution >= 4 is 0 Å². The number of nitrogens with one attached hydrogen (secondary N) is 1. The standard InChI is InChI=1S/C13H16N2O/c1-16-11-13-7-3-2-6-12(13)10-14-15-8-4-5-9-15/h2-9,14H,10-11H2,1H3. The van der Waals surface area contributed by atoms with Crippen molar-refractivity contribution in [1.82, 2.24) is 4.68 Å². The van der Waals surface area contributed by atoms with E-state index in [0.717, 1.165) is 6.54 Å². The van der Waals surface area contributed by atoms with Crippen molar-refractivity contribution in [2.45, 2.75) is 13.2 Å². The molecule has 0 saturated heterocycles. The highest BCUT2D eigenvalue weighted by Crippen LogP contribution is 2.09. The Morgan fingerprint density at radius 2 is 1.75 bits per heavy atom. The maximum atomic E-state index is 5.17. The number of hydrogen-bond donors (Lipinski definition) is 1. The van der Waals surface area contributed by atoms with E-state index in [0.29, 0.717) is 6.61 Å². The molecule has 0 spiro atoms. The summed E-state index contributed by atoms with van der Waals surface area (Å²) < 4.78 is 7.12. The Kier molecular flexibility index (Phi) is 3.62. The second kappa shape index (κ2) is 5.37. The first-order valence-corrected chi connectivity index (χ1v) is 5.32. The number of benzene rings is 1. The molecule has 1 heterocycles. The average molecular weight is 216 g/mol. The van der Waals surface area contributed by atoms with E-state index < -0.39 is 0 Å². The number of aromatic nitrogens is 1. The predicted octanol–water partition coefficient (Wildman–Crippen LogP) is 2.38. The van der Waals surface area contributed by atoms with Crippen LogP contribution in [0, 0.1) is 0 Å². The van der Waals surface area contributed by atoms with E-state index in [1.165, 1.54) is 11.1 Å². The molecule has 0 atom stereocenters. The third kappa shape index (κ3) is 2.64. The molecule has 2 aromatic rings. The summed E-state index contributed by atoms with van der Waals surface area (Å²) in [6.07, 6.45) is 3.97. The van der Waals surface area contributed by atoms with Gasteiger partial charge in [-0.3, -0.25) is 4.68 Å². The van der Waals surface area contributed by atoms with Gasteiger partial charge in [-0.2, -0.15) is 0 Å². The third-order valence-electron chi connectivity index (χ3n) is 2.47. The first-order chi connectivity index (χ1) is 7.90. The Bertz CT molecular complexity index is 423. The van der Waals surface area contributed by atoms with Crippen LogP contribution in [0.1, 0.15) is 11.1 Å². The lowest BCUT2D eigenvalue weighted by molar-refractivity contribution is 0.184. The van der Waals surface area contributed by atoms with Crippen molar-refractivity contribution in [2.24, 2.45) is 0 Å². The van der Waals surface area contributed by atoms with Gasteiger partial charge >= 0.3 is 0 Å². The summed E-state index contributed by atoms with van der Waals surface area (Å²) in [4.78, 5) is 0. The lowest BCUT2D eigenvalue weighted by Gasteiger charge is -2.11. The van der Waals surface area contributed by atoms with Crippen molar-refractivity contribution < 1.29 is 4.74 Å². The Hall–Kier alpha value is -1.74. The van der Waals surface area contributed by atoms with E-state index in [1.54, 1.807) is 7.11 Å². The molecule has 3 heteroatoms. The van der Waals surface area contributed by atoms with E-state index in [4.69, 9.17) is 4.74 Å². The van der Waals surface area contributed by atoms with E-state index in [-0.39, 0.29) is 0 Å². The van der Waals surface area contributed by atoms with Crippen molar-refractivity contribution in [3.63, 3.8) is 0 Å². The van der Waals surface area contributed by atoms with Gasteiger partial charge in [-0.15, -0.1) is 0 Å². The highest BCUT2D eigenvalue weighted by atomic mass is 16.5. The van der Waals surface area contributed by atoms with E-state index in [2.05, 4.69) is 17.6 Å². The van der Waals surface area contributed by atoms with Gasteiger partial charge in [-0.25, -0.2) is 0 Å². The van der Waals surface area contributed by atoms with Gasteiger partial charge in [-0.05, 0) is 23.3 Å². The molecule has 0 saturated carbocycles. The molecule has 0 unspecified atom stereocenters. The molecule has 0 amide bonds. The molecule has 0 fully saturated rings. The fraction of sp³-hybridized carbons (Fsp3) is 0.231. The first-order valence-electron chi connectivity index (χ1n) is 5.32. The largest absolute Gasteiger partial charge is 0.380 e. The average Bonchev–Trinajstić information content (AvgIpc) is 2.81. The molecule has 0 aliphatic heterocycles. The maximum Gasteiger partial charge on any atom is 0.0716 e. The molecule has 1 aromatic carbocycles. The second-order valence-electron chi connectivity index (χ2n) is 3.63. The summed E-state index contributed by atoms with van der Waals surface area (Å²) in [5, 5.41) is 0. The molecule has 2 rings (SSSR count). The third-order valence-corrected chi connectivity index (χ3v) is 2.47. The summed E-state index contributed by atoms with van der Waals surface area (Å²) >= 11 is 0. The minimum Gasteiger partial charge on any atom is -0.380 e. The summed E-state index contributed by atoms with van der Waals surface area (Å²) in [6, 6.07) is 12.3. The summed E-state index contributed by atoms with van der Waals surface area (Å²) in [7, 11) is 1.72. The number of ether oxygens (including phenoxy) is 1. The van der Waals surface area contributed by atoms with Gasteiger partial charge in [0.15, 0.2) is 0 Å². The zero-order valence-electron chi connectivity index (χ0n) is 9.39. The molecule has 1 aromatic heterocycles. The van der Waals surface area contributed by atoms with Crippen molar-refractivity contribution in [3.8, 4) is 0 Å². The zero-order chi connectivity index (χ0) is 11.2. The normalized spacial score (nSPS) is 10.3. The van der Waals surface area contributed by atoms with E-state index in [1.807, 2.05) is 41.3 Å². The van der Waals surface area contributed by atoms with Crippen LogP contribution in [0.4, 0.5) is 0 Å². The van der Waals surface area contributed by atoms with Crippen LogP contribution in [0.2, 0.25) is 0 Å². The van der Waals surface area contributed by atoms with E-state index in [9.17, 15) is 0 Å². The van der Waals surface area contributed by atoms with Crippen LogP contribution in [0.15, 0.2) is 48.8 Å². The van der Waals surface area contributed by atoms with Crippen molar-refractivity contribution in [2.75, 3.05) is 12.5 Å². The fourth-order valence-electron chi connectivity index (χ4n) is 1.64. The van der Waals surface area contributed by atoms with Gasteiger partial charge < -0.3 is 10.2 Å². The number of methoxy groups -OCH3 is 1. The molecule has 0 radical (unpaired) electrons. The van der Waals surface area contributed by atoms with Crippen LogP contribution in [0.25, 0.3) is 0 Å². The topological polar surface area (TPSA) is 26.2 Å². The summed E-state index contributed by atoms with van der Waals surface area (Å²) in [6.45, 7) is 1.46. The Balaban J connectivity index is 2.03. The van der Waals surface area contributed by atoms with Gasteiger partial charge in [0.05, 0.1) is 13.2 Å². The van der Waals surface area contributed by atoms with Gasteiger partial charge in [-0.1, -0.05) is 24.3 Å². The van der Waals surface area contributed by atoms with Gasteiger partial charge in [0.1, 0.15) is 0 Å². The van der Waals surface area contributed by atoms with E-state index >= 15 is 0 Å².